The number of piperidine rings is 1. The summed E-state index contributed by atoms with van der Waals surface area (Å²) < 4.78 is 27.4. The Morgan fingerprint density at radius 1 is 1.07 bits per heavy atom. The van der Waals surface area contributed by atoms with Crippen molar-refractivity contribution < 1.29 is 13.2 Å². The molecule has 0 radical (unpaired) electrons. The molecule has 0 spiro atoms. The molecular weight excluding hydrogens is 386 g/mol. The number of anilines is 1. The first-order valence-corrected chi connectivity index (χ1v) is 11.1. The molecule has 3 rings (SSSR count). The van der Waals surface area contributed by atoms with Gasteiger partial charge in [0.2, 0.25) is 10.0 Å². The first-order valence-electron chi connectivity index (χ1n) is 9.67. The molecule has 0 saturated carbocycles. The molecule has 1 fully saturated rings. The zero-order valence-corrected chi connectivity index (χ0v) is 17.4. The number of nitrogens with zero attached hydrogens (tertiary/aromatic N) is 2. The molecule has 29 heavy (non-hydrogen) atoms. The fourth-order valence-corrected chi connectivity index (χ4v) is 5.41. The van der Waals surface area contributed by atoms with Gasteiger partial charge in [-0.2, -0.15) is 9.57 Å². The van der Waals surface area contributed by atoms with Crippen molar-refractivity contribution in [2.75, 3.05) is 18.4 Å². The third-order valence-corrected chi connectivity index (χ3v) is 6.93. The van der Waals surface area contributed by atoms with Gasteiger partial charge in [-0.15, -0.1) is 0 Å². The molecule has 2 aromatic rings. The van der Waals surface area contributed by atoms with E-state index in [4.69, 9.17) is 5.26 Å². The molecule has 1 amide bonds. The van der Waals surface area contributed by atoms with E-state index >= 15 is 0 Å². The number of carbonyl (C=O) groups excluding carboxylic acids is 1. The van der Waals surface area contributed by atoms with Crippen LogP contribution in [0.1, 0.15) is 36.2 Å². The molecule has 0 aliphatic carbocycles. The van der Waals surface area contributed by atoms with Crippen LogP contribution in [0, 0.1) is 23.2 Å². The van der Waals surface area contributed by atoms with Gasteiger partial charge in [-0.05, 0) is 60.2 Å². The molecular formula is C22H25N3O3S. The SMILES string of the molecule is C[C@H]1C[C@H](C)CN(S(=O)(=O)c2ccc(C(=O)Nc3ccc(CC#N)cc3)cc2)C1. The number of amides is 1. The average molecular weight is 412 g/mol. The van der Waals surface area contributed by atoms with E-state index in [0.717, 1.165) is 12.0 Å². The Kier molecular flexibility index (Phi) is 6.36. The van der Waals surface area contributed by atoms with Crippen LogP contribution in [0.5, 0.6) is 0 Å². The fourth-order valence-electron chi connectivity index (χ4n) is 3.73. The van der Waals surface area contributed by atoms with Gasteiger partial charge in [-0.25, -0.2) is 8.42 Å². The van der Waals surface area contributed by atoms with Crippen LogP contribution in [0.15, 0.2) is 53.4 Å². The number of nitriles is 1. The normalized spacial score (nSPS) is 20.0. The highest BCUT2D eigenvalue weighted by molar-refractivity contribution is 7.89. The summed E-state index contributed by atoms with van der Waals surface area (Å²) in [6, 6.07) is 15.2. The Balaban J connectivity index is 1.70. The first kappa shape index (κ1) is 21.0. The lowest BCUT2D eigenvalue weighted by Crippen LogP contribution is -2.42. The van der Waals surface area contributed by atoms with Gasteiger partial charge in [-0.1, -0.05) is 26.0 Å². The lowest BCUT2D eigenvalue weighted by atomic mass is 9.94. The quantitative estimate of drug-likeness (QED) is 0.813. The Morgan fingerprint density at radius 2 is 1.66 bits per heavy atom. The van der Waals surface area contributed by atoms with Gasteiger partial charge >= 0.3 is 0 Å². The molecule has 0 bridgehead atoms. The maximum Gasteiger partial charge on any atom is 0.255 e. The molecule has 6 nitrogen and oxygen atoms in total. The standard InChI is InChI=1S/C22H25N3O3S/c1-16-13-17(2)15-25(14-16)29(27,28)21-9-5-19(6-10-21)22(26)24-20-7-3-18(4-8-20)11-12-23/h3-10,16-17H,11,13-15H2,1-2H3,(H,24,26)/t16-,17-/m0/s1. The summed E-state index contributed by atoms with van der Waals surface area (Å²) in [6.07, 6.45) is 1.35. The number of hydrogen-bond acceptors (Lipinski definition) is 4. The molecule has 1 aliphatic heterocycles. The summed E-state index contributed by atoms with van der Waals surface area (Å²) >= 11 is 0. The maximum absolute atomic E-state index is 12.9. The van der Waals surface area contributed by atoms with E-state index in [1.165, 1.54) is 24.3 Å². The van der Waals surface area contributed by atoms with E-state index < -0.39 is 10.0 Å². The monoisotopic (exact) mass is 411 g/mol. The lowest BCUT2D eigenvalue weighted by molar-refractivity contribution is 0.102. The summed E-state index contributed by atoms with van der Waals surface area (Å²) in [7, 11) is -3.56. The number of carbonyl (C=O) groups is 1. The minimum atomic E-state index is -3.56. The summed E-state index contributed by atoms with van der Waals surface area (Å²) in [4.78, 5) is 12.7. The van der Waals surface area contributed by atoms with Gasteiger partial charge in [-0.3, -0.25) is 4.79 Å². The fraction of sp³-hybridized carbons (Fsp3) is 0.364. The van der Waals surface area contributed by atoms with Crippen molar-refractivity contribution in [3.8, 4) is 6.07 Å². The number of sulfonamides is 1. The molecule has 0 aromatic heterocycles. The molecule has 0 unspecified atom stereocenters. The van der Waals surface area contributed by atoms with Crippen LogP contribution in [0.2, 0.25) is 0 Å². The minimum Gasteiger partial charge on any atom is -0.322 e. The Hall–Kier alpha value is -2.69. The van der Waals surface area contributed by atoms with E-state index in [9.17, 15) is 13.2 Å². The molecule has 2 atom stereocenters. The summed E-state index contributed by atoms with van der Waals surface area (Å²) in [5.41, 5.74) is 1.87. The first-order chi connectivity index (χ1) is 13.8. The van der Waals surface area contributed by atoms with Crippen LogP contribution in [0.3, 0.4) is 0 Å². The van der Waals surface area contributed by atoms with Crippen molar-refractivity contribution in [2.45, 2.75) is 31.6 Å². The van der Waals surface area contributed by atoms with Crippen molar-refractivity contribution in [3.63, 3.8) is 0 Å². The Labute approximate surface area is 172 Å². The van der Waals surface area contributed by atoms with Crippen molar-refractivity contribution >= 4 is 21.6 Å². The van der Waals surface area contributed by atoms with Gasteiger partial charge in [0.05, 0.1) is 17.4 Å². The average Bonchev–Trinajstić information content (AvgIpc) is 2.69. The van der Waals surface area contributed by atoms with E-state index in [-0.39, 0.29) is 10.8 Å². The molecule has 1 N–H and O–H groups in total. The molecule has 1 saturated heterocycles. The highest BCUT2D eigenvalue weighted by Gasteiger charge is 2.31. The van der Waals surface area contributed by atoms with E-state index in [2.05, 4.69) is 25.2 Å². The number of benzene rings is 2. The molecule has 152 valence electrons. The van der Waals surface area contributed by atoms with Crippen molar-refractivity contribution in [2.24, 2.45) is 11.8 Å². The largest absolute Gasteiger partial charge is 0.322 e. The van der Waals surface area contributed by atoms with Crippen molar-refractivity contribution in [1.29, 1.82) is 5.26 Å². The third-order valence-electron chi connectivity index (χ3n) is 5.08. The predicted molar refractivity (Wildman–Crippen MR) is 112 cm³/mol. The number of hydrogen-bond donors (Lipinski definition) is 1. The summed E-state index contributed by atoms with van der Waals surface area (Å²) in [5.74, 6) is 0.346. The van der Waals surface area contributed by atoms with Crippen LogP contribution < -0.4 is 5.32 Å². The number of rotatable bonds is 5. The van der Waals surface area contributed by atoms with Crippen LogP contribution in [-0.2, 0) is 16.4 Å². The zero-order chi connectivity index (χ0) is 21.0. The van der Waals surface area contributed by atoms with Crippen molar-refractivity contribution in [3.05, 3.63) is 59.7 Å². The van der Waals surface area contributed by atoms with Crippen LogP contribution in [0.4, 0.5) is 5.69 Å². The summed E-state index contributed by atoms with van der Waals surface area (Å²) in [5, 5.41) is 11.5. The van der Waals surface area contributed by atoms with Crippen LogP contribution in [0.25, 0.3) is 0 Å². The number of nitrogens with one attached hydrogen (secondary N) is 1. The van der Waals surface area contributed by atoms with Gasteiger partial charge in [0.15, 0.2) is 0 Å². The van der Waals surface area contributed by atoms with E-state index in [1.807, 2.05) is 0 Å². The lowest BCUT2D eigenvalue weighted by Gasteiger charge is -2.34. The Morgan fingerprint density at radius 3 is 2.21 bits per heavy atom. The second kappa shape index (κ2) is 8.76. The van der Waals surface area contributed by atoms with Crippen LogP contribution in [-0.4, -0.2) is 31.7 Å². The zero-order valence-electron chi connectivity index (χ0n) is 16.6. The maximum atomic E-state index is 12.9. The highest BCUT2D eigenvalue weighted by atomic mass is 32.2. The Bertz CT molecular complexity index is 999. The van der Waals surface area contributed by atoms with Crippen molar-refractivity contribution in [1.82, 2.24) is 4.31 Å². The third kappa shape index (κ3) is 5.03. The van der Waals surface area contributed by atoms with Crippen LogP contribution >= 0.6 is 0 Å². The van der Waals surface area contributed by atoms with Gasteiger partial charge in [0.25, 0.3) is 5.91 Å². The predicted octanol–water partition coefficient (Wildman–Crippen LogP) is 3.67. The van der Waals surface area contributed by atoms with E-state index in [0.29, 0.717) is 42.6 Å². The van der Waals surface area contributed by atoms with E-state index in [1.54, 1.807) is 28.6 Å². The summed E-state index contributed by atoms with van der Waals surface area (Å²) in [6.45, 7) is 5.18. The topological polar surface area (TPSA) is 90.3 Å². The van der Waals surface area contributed by atoms with Gasteiger partial charge in [0.1, 0.15) is 0 Å². The smallest absolute Gasteiger partial charge is 0.255 e. The molecule has 2 aromatic carbocycles. The second-order valence-electron chi connectivity index (χ2n) is 7.78. The second-order valence-corrected chi connectivity index (χ2v) is 9.72. The molecule has 7 heteroatoms. The molecule has 1 aliphatic rings. The highest BCUT2D eigenvalue weighted by Crippen LogP contribution is 2.26. The minimum absolute atomic E-state index is 0.205. The van der Waals surface area contributed by atoms with Gasteiger partial charge < -0.3 is 5.32 Å². The van der Waals surface area contributed by atoms with Gasteiger partial charge in [0, 0.05) is 24.3 Å². The molecule has 1 heterocycles.